The third-order valence-corrected chi connectivity index (χ3v) is 3.81. The predicted molar refractivity (Wildman–Crippen MR) is 95.5 cm³/mol. The molecule has 2 rings (SSSR count). The number of nitrogens with zero attached hydrogens (tertiary/aromatic N) is 1. The number of carbonyl (C=O) groups is 1. The van der Waals surface area contributed by atoms with Crippen LogP contribution in [0.15, 0.2) is 48.5 Å². The topological polar surface area (TPSA) is 82.3 Å². The van der Waals surface area contributed by atoms with Crippen LogP contribution in [0.25, 0.3) is 0 Å². The van der Waals surface area contributed by atoms with Crippen molar-refractivity contribution >= 4 is 5.91 Å². The van der Waals surface area contributed by atoms with Crippen LogP contribution in [-0.2, 0) is 0 Å². The molecule has 130 valence electrons. The van der Waals surface area contributed by atoms with E-state index in [1.54, 1.807) is 48.5 Å². The van der Waals surface area contributed by atoms with Gasteiger partial charge in [0, 0.05) is 6.54 Å². The van der Waals surface area contributed by atoms with Gasteiger partial charge < -0.3 is 15.2 Å². The summed E-state index contributed by atoms with van der Waals surface area (Å²) in [5.41, 5.74) is 0.409. The molecule has 0 spiro atoms. The van der Waals surface area contributed by atoms with Gasteiger partial charge in [0.15, 0.2) is 0 Å². The van der Waals surface area contributed by atoms with E-state index in [1.807, 2.05) is 20.8 Å². The molecule has 1 unspecified atom stereocenters. The van der Waals surface area contributed by atoms with Crippen molar-refractivity contribution < 1.29 is 14.6 Å². The minimum atomic E-state index is -0.663. The highest BCUT2D eigenvalue weighted by molar-refractivity contribution is 5.97. The quantitative estimate of drug-likeness (QED) is 0.874. The SMILES string of the molecule is CC(C)(C)C(O)CNC(=O)c1ccccc1Oc1ccccc1C#N. The van der Waals surface area contributed by atoms with Crippen LogP contribution >= 0.6 is 0 Å². The second kappa shape index (κ2) is 7.82. The van der Waals surface area contributed by atoms with Crippen LogP contribution in [0.1, 0.15) is 36.7 Å². The van der Waals surface area contributed by atoms with Gasteiger partial charge in [-0.15, -0.1) is 0 Å². The summed E-state index contributed by atoms with van der Waals surface area (Å²) in [6.45, 7) is 5.85. The summed E-state index contributed by atoms with van der Waals surface area (Å²) in [7, 11) is 0. The van der Waals surface area contributed by atoms with Crippen LogP contribution in [0.3, 0.4) is 0 Å². The number of benzene rings is 2. The molecule has 2 N–H and O–H groups in total. The second-order valence-electron chi connectivity index (χ2n) is 6.80. The highest BCUT2D eigenvalue weighted by Gasteiger charge is 2.23. The molecule has 0 aromatic heterocycles. The Bertz CT molecular complexity index is 788. The van der Waals surface area contributed by atoms with Gasteiger partial charge in [-0.25, -0.2) is 0 Å². The molecule has 2 aromatic rings. The molecule has 1 amide bonds. The number of nitrogens with one attached hydrogen (secondary N) is 1. The molecule has 0 heterocycles. The smallest absolute Gasteiger partial charge is 0.255 e. The normalized spacial score (nSPS) is 12.1. The van der Waals surface area contributed by atoms with Crippen molar-refractivity contribution in [3.05, 3.63) is 59.7 Å². The Hall–Kier alpha value is -2.84. The van der Waals surface area contributed by atoms with Crippen LogP contribution in [0.2, 0.25) is 0 Å². The summed E-state index contributed by atoms with van der Waals surface area (Å²) >= 11 is 0. The van der Waals surface area contributed by atoms with Crippen LogP contribution in [0, 0.1) is 16.7 Å². The van der Waals surface area contributed by atoms with Gasteiger partial charge in [-0.3, -0.25) is 4.79 Å². The summed E-state index contributed by atoms with van der Waals surface area (Å²) in [5, 5.41) is 22.0. The predicted octanol–water partition coefficient (Wildman–Crippen LogP) is 3.49. The van der Waals surface area contributed by atoms with Crippen LogP contribution in [0.4, 0.5) is 0 Å². The van der Waals surface area contributed by atoms with E-state index < -0.39 is 6.10 Å². The summed E-state index contributed by atoms with van der Waals surface area (Å²) in [6, 6.07) is 15.7. The van der Waals surface area contributed by atoms with E-state index in [9.17, 15) is 9.90 Å². The molecular weight excluding hydrogens is 316 g/mol. The van der Waals surface area contributed by atoms with E-state index in [0.29, 0.717) is 22.6 Å². The molecule has 0 fully saturated rings. The third kappa shape index (κ3) is 4.82. The number of para-hydroxylation sites is 2. The van der Waals surface area contributed by atoms with Gasteiger partial charge in [-0.05, 0) is 29.7 Å². The minimum absolute atomic E-state index is 0.144. The summed E-state index contributed by atoms with van der Waals surface area (Å²) < 4.78 is 5.78. The number of nitriles is 1. The van der Waals surface area contributed by atoms with Gasteiger partial charge in [0.1, 0.15) is 17.6 Å². The van der Waals surface area contributed by atoms with Crippen molar-refractivity contribution in [3.63, 3.8) is 0 Å². The fourth-order valence-electron chi connectivity index (χ4n) is 2.10. The molecule has 5 nitrogen and oxygen atoms in total. The van der Waals surface area contributed by atoms with Gasteiger partial charge in [-0.2, -0.15) is 5.26 Å². The maximum absolute atomic E-state index is 12.5. The Kier molecular flexibility index (Phi) is 5.79. The van der Waals surface area contributed by atoms with Crippen molar-refractivity contribution in [1.29, 1.82) is 5.26 Å². The number of carbonyl (C=O) groups excluding carboxylic acids is 1. The van der Waals surface area contributed by atoms with Crippen LogP contribution in [-0.4, -0.2) is 23.7 Å². The fraction of sp³-hybridized carbons (Fsp3) is 0.300. The number of amides is 1. The zero-order chi connectivity index (χ0) is 18.4. The molecule has 0 radical (unpaired) electrons. The zero-order valence-corrected chi connectivity index (χ0v) is 14.6. The van der Waals surface area contributed by atoms with Crippen molar-refractivity contribution in [2.75, 3.05) is 6.54 Å². The standard InChI is InChI=1S/C20H22N2O3/c1-20(2,3)18(23)13-22-19(24)15-9-5-7-11-17(15)25-16-10-6-4-8-14(16)12-21/h4-11,18,23H,13H2,1-3H3,(H,22,24). The second-order valence-corrected chi connectivity index (χ2v) is 6.80. The van der Waals surface area contributed by atoms with Crippen LogP contribution in [0.5, 0.6) is 11.5 Å². The highest BCUT2D eigenvalue weighted by atomic mass is 16.5. The number of ether oxygens (including phenoxy) is 1. The third-order valence-electron chi connectivity index (χ3n) is 3.81. The molecule has 2 aromatic carbocycles. The summed E-state index contributed by atoms with van der Waals surface area (Å²) in [6.07, 6.45) is -0.663. The first-order valence-corrected chi connectivity index (χ1v) is 8.05. The Balaban J connectivity index is 2.18. The molecule has 1 atom stereocenters. The highest BCUT2D eigenvalue weighted by Crippen LogP contribution is 2.28. The van der Waals surface area contributed by atoms with Gasteiger partial charge in [0.25, 0.3) is 5.91 Å². The van der Waals surface area contributed by atoms with E-state index in [-0.39, 0.29) is 17.9 Å². The maximum atomic E-state index is 12.5. The molecule has 0 saturated heterocycles. The number of aliphatic hydroxyl groups is 1. The Labute approximate surface area is 147 Å². The van der Waals surface area contributed by atoms with Gasteiger partial charge >= 0.3 is 0 Å². The lowest BCUT2D eigenvalue weighted by Gasteiger charge is -2.26. The molecule has 0 saturated carbocycles. The molecule has 0 aliphatic heterocycles. The largest absolute Gasteiger partial charge is 0.455 e. The number of rotatable bonds is 5. The molecule has 0 bridgehead atoms. The Morgan fingerprint density at radius 3 is 2.40 bits per heavy atom. The lowest BCUT2D eigenvalue weighted by molar-refractivity contribution is 0.0586. The number of aliphatic hydroxyl groups excluding tert-OH is 1. The zero-order valence-electron chi connectivity index (χ0n) is 14.6. The Morgan fingerprint density at radius 1 is 1.16 bits per heavy atom. The number of hydrogen-bond donors (Lipinski definition) is 2. The molecule has 5 heteroatoms. The van der Waals surface area contributed by atoms with E-state index in [2.05, 4.69) is 11.4 Å². The van der Waals surface area contributed by atoms with Crippen LogP contribution < -0.4 is 10.1 Å². The first-order chi connectivity index (χ1) is 11.8. The van der Waals surface area contributed by atoms with Gasteiger partial charge in [-0.1, -0.05) is 45.0 Å². The van der Waals surface area contributed by atoms with Crippen molar-refractivity contribution in [3.8, 4) is 17.6 Å². The molecular formula is C20H22N2O3. The molecule has 0 aliphatic carbocycles. The average molecular weight is 338 g/mol. The molecule has 25 heavy (non-hydrogen) atoms. The van der Waals surface area contributed by atoms with E-state index in [1.165, 1.54) is 0 Å². The van der Waals surface area contributed by atoms with Gasteiger partial charge in [0.2, 0.25) is 0 Å². The summed E-state index contributed by atoms with van der Waals surface area (Å²) in [4.78, 5) is 12.5. The van der Waals surface area contributed by atoms with E-state index >= 15 is 0 Å². The number of hydrogen-bond acceptors (Lipinski definition) is 4. The first-order valence-electron chi connectivity index (χ1n) is 8.05. The van der Waals surface area contributed by atoms with Gasteiger partial charge in [0.05, 0.1) is 17.2 Å². The first kappa shape index (κ1) is 18.5. The van der Waals surface area contributed by atoms with Crippen molar-refractivity contribution in [2.24, 2.45) is 5.41 Å². The molecule has 0 aliphatic rings. The monoisotopic (exact) mass is 338 g/mol. The van der Waals surface area contributed by atoms with E-state index in [4.69, 9.17) is 10.00 Å². The lowest BCUT2D eigenvalue weighted by atomic mass is 9.89. The lowest BCUT2D eigenvalue weighted by Crippen LogP contribution is -2.39. The fourth-order valence-corrected chi connectivity index (χ4v) is 2.10. The summed E-state index contributed by atoms with van der Waals surface area (Å²) in [5.74, 6) is 0.404. The Morgan fingerprint density at radius 2 is 1.76 bits per heavy atom. The minimum Gasteiger partial charge on any atom is -0.455 e. The average Bonchev–Trinajstić information content (AvgIpc) is 2.59. The van der Waals surface area contributed by atoms with E-state index in [0.717, 1.165) is 0 Å². The van der Waals surface area contributed by atoms with Crippen molar-refractivity contribution in [2.45, 2.75) is 26.9 Å². The van der Waals surface area contributed by atoms with Crippen molar-refractivity contribution in [1.82, 2.24) is 5.32 Å². The maximum Gasteiger partial charge on any atom is 0.255 e.